The quantitative estimate of drug-likeness (QED) is 0.873. The smallest absolute Gasteiger partial charge is 0.335 e. The maximum absolute atomic E-state index is 11.8. The van der Waals surface area contributed by atoms with Gasteiger partial charge in [-0.05, 0) is 36.8 Å². The number of rotatable bonds is 3. The molecule has 0 radical (unpaired) electrons. The number of hydrogen-bond donors (Lipinski definition) is 2. The molecule has 0 spiro atoms. The Bertz CT molecular complexity index is 626. The van der Waals surface area contributed by atoms with Gasteiger partial charge >= 0.3 is 5.97 Å². The zero-order chi connectivity index (χ0) is 13.8. The third-order valence-corrected chi connectivity index (χ3v) is 2.56. The molecule has 1 amide bonds. The van der Waals surface area contributed by atoms with Crippen LogP contribution in [0.3, 0.4) is 0 Å². The second kappa shape index (κ2) is 5.26. The predicted molar refractivity (Wildman–Crippen MR) is 68.1 cm³/mol. The van der Waals surface area contributed by atoms with Crippen LogP contribution in [0, 0.1) is 6.92 Å². The van der Waals surface area contributed by atoms with E-state index < -0.39 is 5.97 Å². The van der Waals surface area contributed by atoms with E-state index in [1.54, 1.807) is 25.1 Å². The predicted octanol–water partition coefficient (Wildman–Crippen LogP) is 1.74. The van der Waals surface area contributed by atoms with E-state index in [0.29, 0.717) is 16.8 Å². The SMILES string of the molecule is Cc1cc(NC(=O)c2ccnnc2)ccc1C(=O)O. The van der Waals surface area contributed by atoms with Crippen molar-refractivity contribution in [3.8, 4) is 0 Å². The minimum atomic E-state index is -0.992. The lowest BCUT2D eigenvalue weighted by Gasteiger charge is -2.07. The highest BCUT2D eigenvalue weighted by Gasteiger charge is 2.10. The Morgan fingerprint density at radius 2 is 2.00 bits per heavy atom. The van der Waals surface area contributed by atoms with Gasteiger partial charge in [-0.1, -0.05) is 0 Å². The fourth-order valence-electron chi connectivity index (χ4n) is 1.61. The summed E-state index contributed by atoms with van der Waals surface area (Å²) in [5.41, 5.74) is 1.71. The molecule has 1 aromatic heterocycles. The highest BCUT2D eigenvalue weighted by molar-refractivity contribution is 6.04. The van der Waals surface area contributed by atoms with Gasteiger partial charge in [-0.25, -0.2) is 4.79 Å². The summed E-state index contributed by atoms with van der Waals surface area (Å²) in [7, 11) is 0. The number of carbonyl (C=O) groups is 2. The first-order valence-corrected chi connectivity index (χ1v) is 5.50. The van der Waals surface area contributed by atoms with Crippen molar-refractivity contribution >= 4 is 17.6 Å². The molecule has 0 saturated carbocycles. The van der Waals surface area contributed by atoms with Crippen molar-refractivity contribution in [3.05, 3.63) is 53.3 Å². The van der Waals surface area contributed by atoms with Gasteiger partial charge in [0.15, 0.2) is 0 Å². The van der Waals surface area contributed by atoms with Gasteiger partial charge in [0.25, 0.3) is 5.91 Å². The molecule has 0 aliphatic carbocycles. The molecule has 19 heavy (non-hydrogen) atoms. The van der Waals surface area contributed by atoms with Crippen molar-refractivity contribution in [1.29, 1.82) is 0 Å². The molecule has 0 aliphatic rings. The Balaban J connectivity index is 2.19. The molecule has 6 nitrogen and oxygen atoms in total. The Morgan fingerprint density at radius 1 is 1.21 bits per heavy atom. The summed E-state index contributed by atoms with van der Waals surface area (Å²) in [6.07, 6.45) is 2.78. The van der Waals surface area contributed by atoms with Crippen LogP contribution >= 0.6 is 0 Å². The maximum Gasteiger partial charge on any atom is 0.335 e. The molecule has 0 atom stereocenters. The van der Waals surface area contributed by atoms with Gasteiger partial charge in [-0.15, -0.1) is 0 Å². The molecule has 2 aromatic rings. The number of hydrogen-bond acceptors (Lipinski definition) is 4. The van der Waals surface area contributed by atoms with E-state index in [1.807, 2.05) is 0 Å². The van der Waals surface area contributed by atoms with Gasteiger partial charge in [0.1, 0.15) is 0 Å². The van der Waals surface area contributed by atoms with Crippen molar-refractivity contribution < 1.29 is 14.7 Å². The van der Waals surface area contributed by atoms with E-state index >= 15 is 0 Å². The summed E-state index contributed by atoms with van der Waals surface area (Å²) in [5, 5.41) is 18.8. The number of carboxylic acids is 1. The third-order valence-electron chi connectivity index (χ3n) is 2.56. The molecular weight excluding hydrogens is 246 g/mol. The van der Waals surface area contributed by atoms with Crippen LogP contribution in [-0.4, -0.2) is 27.2 Å². The summed E-state index contributed by atoms with van der Waals surface area (Å²) < 4.78 is 0. The molecule has 0 aliphatic heterocycles. The van der Waals surface area contributed by atoms with Gasteiger partial charge < -0.3 is 10.4 Å². The number of aromatic nitrogens is 2. The maximum atomic E-state index is 11.8. The van der Waals surface area contributed by atoms with Gasteiger partial charge in [-0.3, -0.25) is 4.79 Å². The number of nitrogens with one attached hydrogen (secondary N) is 1. The Hall–Kier alpha value is -2.76. The molecule has 6 heteroatoms. The number of carbonyl (C=O) groups excluding carboxylic acids is 1. The van der Waals surface area contributed by atoms with E-state index in [1.165, 1.54) is 18.5 Å². The minimum absolute atomic E-state index is 0.212. The normalized spacial score (nSPS) is 9.95. The van der Waals surface area contributed by atoms with Crippen LogP contribution in [0.5, 0.6) is 0 Å². The van der Waals surface area contributed by atoms with Gasteiger partial charge in [-0.2, -0.15) is 10.2 Å². The molecule has 0 saturated heterocycles. The highest BCUT2D eigenvalue weighted by atomic mass is 16.4. The Labute approximate surface area is 109 Å². The summed E-state index contributed by atoms with van der Waals surface area (Å²) in [6, 6.07) is 6.15. The van der Waals surface area contributed by atoms with Crippen molar-refractivity contribution in [2.75, 3.05) is 5.32 Å². The van der Waals surface area contributed by atoms with Gasteiger partial charge in [0, 0.05) is 5.69 Å². The number of carboxylic acid groups (broad SMARTS) is 1. The molecule has 2 N–H and O–H groups in total. The average molecular weight is 257 g/mol. The lowest BCUT2D eigenvalue weighted by molar-refractivity contribution is 0.0696. The lowest BCUT2D eigenvalue weighted by atomic mass is 10.1. The average Bonchev–Trinajstić information content (AvgIpc) is 2.39. The van der Waals surface area contributed by atoms with Crippen molar-refractivity contribution in [1.82, 2.24) is 10.2 Å². The summed E-state index contributed by atoms with van der Waals surface area (Å²) >= 11 is 0. The number of benzene rings is 1. The van der Waals surface area contributed by atoms with Crippen LogP contribution in [0.15, 0.2) is 36.7 Å². The standard InChI is InChI=1S/C13H11N3O3/c1-8-6-10(2-3-11(8)13(18)19)16-12(17)9-4-5-14-15-7-9/h2-7H,1H3,(H,16,17)(H,18,19). The van der Waals surface area contributed by atoms with Crippen molar-refractivity contribution in [2.45, 2.75) is 6.92 Å². The van der Waals surface area contributed by atoms with Crippen LogP contribution in [0.1, 0.15) is 26.3 Å². The summed E-state index contributed by atoms with van der Waals surface area (Å²) in [5.74, 6) is -1.31. The minimum Gasteiger partial charge on any atom is -0.478 e. The zero-order valence-corrected chi connectivity index (χ0v) is 10.1. The van der Waals surface area contributed by atoms with Gasteiger partial charge in [0.2, 0.25) is 0 Å². The fraction of sp³-hybridized carbons (Fsp3) is 0.0769. The summed E-state index contributed by atoms with van der Waals surface area (Å²) in [6.45, 7) is 1.67. The van der Waals surface area contributed by atoms with Crippen molar-refractivity contribution in [2.24, 2.45) is 0 Å². The molecule has 0 fully saturated rings. The van der Waals surface area contributed by atoms with E-state index in [9.17, 15) is 9.59 Å². The van der Waals surface area contributed by atoms with Crippen LogP contribution < -0.4 is 5.32 Å². The topological polar surface area (TPSA) is 92.2 Å². The molecular formula is C13H11N3O3. The first-order chi connectivity index (χ1) is 9.08. The van der Waals surface area contributed by atoms with Crippen LogP contribution in [0.2, 0.25) is 0 Å². The monoisotopic (exact) mass is 257 g/mol. The number of amides is 1. The number of nitrogens with zero attached hydrogens (tertiary/aromatic N) is 2. The third kappa shape index (κ3) is 2.92. The highest BCUT2D eigenvalue weighted by Crippen LogP contribution is 2.16. The first-order valence-electron chi connectivity index (χ1n) is 5.50. The number of anilines is 1. The van der Waals surface area contributed by atoms with E-state index in [4.69, 9.17) is 5.11 Å². The van der Waals surface area contributed by atoms with E-state index in [-0.39, 0.29) is 11.5 Å². The molecule has 1 heterocycles. The molecule has 0 unspecified atom stereocenters. The summed E-state index contributed by atoms with van der Waals surface area (Å²) in [4.78, 5) is 22.7. The van der Waals surface area contributed by atoms with Crippen LogP contribution in [0.4, 0.5) is 5.69 Å². The number of aromatic carboxylic acids is 1. The van der Waals surface area contributed by atoms with Crippen molar-refractivity contribution in [3.63, 3.8) is 0 Å². The largest absolute Gasteiger partial charge is 0.478 e. The Morgan fingerprint density at radius 3 is 2.58 bits per heavy atom. The zero-order valence-electron chi connectivity index (χ0n) is 10.1. The second-order valence-electron chi connectivity index (χ2n) is 3.92. The number of aryl methyl sites for hydroxylation is 1. The molecule has 96 valence electrons. The van der Waals surface area contributed by atoms with Crippen LogP contribution in [0.25, 0.3) is 0 Å². The molecule has 0 bridgehead atoms. The van der Waals surface area contributed by atoms with Crippen LogP contribution in [-0.2, 0) is 0 Å². The molecule has 2 rings (SSSR count). The second-order valence-corrected chi connectivity index (χ2v) is 3.92. The Kier molecular flexibility index (Phi) is 3.51. The lowest BCUT2D eigenvalue weighted by Crippen LogP contribution is -2.12. The van der Waals surface area contributed by atoms with E-state index in [2.05, 4.69) is 15.5 Å². The molecule has 1 aromatic carbocycles. The van der Waals surface area contributed by atoms with E-state index in [0.717, 1.165) is 0 Å². The fourth-order valence-corrected chi connectivity index (χ4v) is 1.61. The van der Waals surface area contributed by atoms with Gasteiger partial charge in [0.05, 0.1) is 23.5 Å². The first kappa shape index (κ1) is 12.7.